The average molecular weight is 326 g/mol. The highest BCUT2D eigenvalue weighted by molar-refractivity contribution is 7.89. The Labute approximate surface area is 129 Å². The van der Waals surface area contributed by atoms with Gasteiger partial charge in [0, 0.05) is 26.1 Å². The number of aromatic carboxylic acids is 1. The Morgan fingerprint density at radius 2 is 1.91 bits per heavy atom. The van der Waals surface area contributed by atoms with Crippen molar-refractivity contribution in [1.82, 2.24) is 9.62 Å². The SMILES string of the molecule is O=C(CCN1CCCS1(=O)=O)NCc1ccc(C(=O)O)cc1. The molecule has 8 heteroatoms. The van der Waals surface area contributed by atoms with Gasteiger partial charge in [0.25, 0.3) is 0 Å². The van der Waals surface area contributed by atoms with Crippen molar-refractivity contribution in [3.8, 4) is 0 Å². The quantitative estimate of drug-likeness (QED) is 0.789. The van der Waals surface area contributed by atoms with Crippen molar-refractivity contribution in [3.63, 3.8) is 0 Å². The lowest BCUT2D eigenvalue weighted by atomic mass is 10.1. The van der Waals surface area contributed by atoms with Gasteiger partial charge < -0.3 is 10.4 Å². The van der Waals surface area contributed by atoms with Crippen molar-refractivity contribution < 1.29 is 23.1 Å². The maximum atomic E-state index is 11.7. The summed E-state index contributed by atoms with van der Waals surface area (Å²) in [4.78, 5) is 22.5. The molecule has 1 aromatic rings. The number of nitrogens with one attached hydrogen (secondary N) is 1. The number of rotatable bonds is 6. The molecule has 0 radical (unpaired) electrons. The van der Waals surface area contributed by atoms with Crippen LogP contribution in [0.25, 0.3) is 0 Å². The van der Waals surface area contributed by atoms with E-state index in [1.807, 2.05) is 0 Å². The minimum atomic E-state index is -3.17. The zero-order valence-electron chi connectivity index (χ0n) is 12.0. The first-order valence-corrected chi connectivity index (χ1v) is 8.56. The van der Waals surface area contributed by atoms with E-state index < -0.39 is 16.0 Å². The van der Waals surface area contributed by atoms with Crippen molar-refractivity contribution >= 4 is 21.9 Å². The minimum absolute atomic E-state index is 0.117. The van der Waals surface area contributed by atoms with Crippen LogP contribution in [0.1, 0.15) is 28.8 Å². The summed E-state index contributed by atoms with van der Waals surface area (Å²) >= 11 is 0. The fourth-order valence-corrected chi connectivity index (χ4v) is 3.75. The molecular weight excluding hydrogens is 308 g/mol. The van der Waals surface area contributed by atoms with Crippen LogP contribution < -0.4 is 5.32 Å². The molecule has 1 fully saturated rings. The first kappa shape index (κ1) is 16.4. The summed E-state index contributed by atoms with van der Waals surface area (Å²) in [6.07, 6.45) is 0.728. The summed E-state index contributed by atoms with van der Waals surface area (Å²) in [5, 5.41) is 11.5. The number of carbonyl (C=O) groups is 2. The summed E-state index contributed by atoms with van der Waals surface area (Å²) in [5.74, 6) is -1.07. The Morgan fingerprint density at radius 3 is 2.45 bits per heavy atom. The van der Waals surface area contributed by atoms with Crippen molar-refractivity contribution in [3.05, 3.63) is 35.4 Å². The Balaban J connectivity index is 1.77. The number of carboxylic acids is 1. The van der Waals surface area contributed by atoms with Crippen LogP contribution in [0.3, 0.4) is 0 Å². The van der Waals surface area contributed by atoms with Crippen molar-refractivity contribution in [1.29, 1.82) is 0 Å². The Bertz CT molecular complexity index is 654. The molecule has 1 saturated heterocycles. The van der Waals surface area contributed by atoms with Gasteiger partial charge in [0.1, 0.15) is 0 Å². The lowest BCUT2D eigenvalue weighted by molar-refractivity contribution is -0.121. The molecule has 2 N–H and O–H groups in total. The molecule has 0 aliphatic carbocycles. The van der Waals surface area contributed by atoms with E-state index in [-0.39, 0.29) is 36.7 Å². The molecule has 1 aromatic carbocycles. The monoisotopic (exact) mass is 326 g/mol. The van der Waals surface area contributed by atoms with Crippen LogP contribution in [0.15, 0.2) is 24.3 Å². The standard InChI is InChI=1S/C14H18N2O5S/c17-13(6-8-16-7-1-9-22(16,20)21)15-10-11-2-4-12(5-3-11)14(18)19/h2-5H,1,6-10H2,(H,15,17)(H,18,19). The van der Waals surface area contributed by atoms with E-state index in [2.05, 4.69) is 5.32 Å². The second kappa shape index (κ2) is 6.89. The van der Waals surface area contributed by atoms with E-state index in [0.717, 1.165) is 5.56 Å². The molecule has 1 aliphatic heterocycles. The normalized spacial score (nSPS) is 17.3. The van der Waals surface area contributed by atoms with E-state index in [1.54, 1.807) is 12.1 Å². The van der Waals surface area contributed by atoms with Crippen LogP contribution in [-0.2, 0) is 21.4 Å². The third kappa shape index (κ3) is 4.28. The third-order valence-electron chi connectivity index (χ3n) is 3.48. The molecule has 1 aliphatic rings. The lowest BCUT2D eigenvalue weighted by Gasteiger charge is -2.13. The molecule has 7 nitrogen and oxygen atoms in total. The highest BCUT2D eigenvalue weighted by Crippen LogP contribution is 2.13. The molecule has 0 spiro atoms. The molecule has 120 valence electrons. The summed E-state index contributed by atoms with van der Waals surface area (Å²) < 4.78 is 24.5. The topological polar surface area (TPSA) is 104 Å². The second-order valence-electron chi connectivity index (χ2n) is 5.10. The Kier molecular flexibility index (Phi) is 5.15. The highest BCUT2D eigenvalue weighted by Gasteiger charge is 2.27. The number of sulfonamides is 1. The molecule has 1 amide bonds. The largest absolute Gasteiger partial charge is 0.478 e. The van der Waals surface area contributed by atoms with Crippen LogP contribution in [0, 0.1) is 0 Å². The van der Waals surface area contributed by atoms with Gasteiger partial charge >= 0.3 is 5.97 Å². The van der Waals surface area contributed by atoms with Crippen LogP contribution >= 0.6 is 0 Å². The Morgan fingerprint density at radius 1 is 1.23 bits per heavy atom. The summed E-state index contributed by atoms with van der Waals surface area (Å²) in [6, 6.07) is 6.21. The van der Waals surface area contributed by atoms with Gasteiger partial charge in [-0.3, -0.25) is 4.79 Å². The summed E-state index contributed by atoms with van der Waals surface area (Å²) in [5.41, 5.74) is 0.974. The predicted octanol–water partition coefficient (Wildman–Crippen LogP) is 0.427. The van der Waals surface area contributed by atoms with Crippen LogP contribution in [0.4, 0.5) is 0 Å². The third-order valence-corrected chi connectivity index (χ3v) is 5.44. The van der Waals surface area contributed by atoms with Gasteiger partial charge in [-0.2, -0.15) is 0 Å². The van der Waals surface area contributed by atoms with Gasteiger partial charge in [0.05, 0.1) is 11.3 Å². The molecule has 0 saturated carbocycles. The fourth-order valence-electron chi connectivity index (χ4n) is 2.22. The van der Waals surface area contributed by atoms with Crippen molar-refractivity contribution in [2.24, 2.45) is 0 Å². The van der Waals surface area contributed by atoms with Gasteiger partial charge in [-0.25, -0.2) is 17.5 Å². The molecule has 0 aromatic heterocycles. The van der Waals surface area contributed by atoms with E-state index in [1.165, 1.54) is 16.4 Å². The zero-order chi connectivity index (χ0) is 16.2. The second-order valence-corrected chi connectivity index (χ2v) is 7.19. The van der Waals surface area contributed by atoms with E-state index in [4.69, 9.17) is 5.11 Å². The molecular formula is C14H18N2O5S. The average Bonchev–Trinajstić information content (AvgIpc) is 2.82. The van der Waals surface area contributed by atoms with Crippen molar-refractivity contribution in [2.75, 3.05) is 18.8 Å². The van der Waals surface area contributed by atoms with E-state index in [0.29, 0.717) is 13.0 Å². The smallest absolute Gasteiger partial charge is 0.335 e. The maximum Gasteiger partial charge on any atom is 0.335 e. The highest BCUT2D eigenvalue weighted by atomic mass is 32.2. The van der Waals surface area contributed by atoms with Gasteiger partial charge in [-0.05, 0) is 24.1 Å². The first-order chi connectivity index (χ1) is 10.4. The Hall–Kier alpha value is -1.93. The molecule has 0 atom stereocenters. The number of carbonyl (C=O) groups excluding carboxylic acids is 1. The number of benzene rings is 1. The summed E-state index contributed by atoms with van der Waals surface area (Å²) in [7, 11) is -3.17. The van der Waals surface area contributed by atoms with Gasteiger partial charge in [-0.15, -0.1) is 0 Å². The molecule has 1 heterocycles. The fraction of sp³-hybridized carbons (Fsp3) is 0.429. The maximum absolute atomic E-state index is 11.7. The number of nitrogens with zero attached hydrogens (tertiary/aromatic N) is 1. The summed E-state index contributed by atoms with van der Waals surface area (Å²) in [6.45, 7) is 0.962. The predicted molar refractivity (Wildman–Crippen MR) is 79.8 cm³/mol. The van der Waals surface area contributed by atoms with Crippen molar-refractivity contribution in [2.45, 2.75) is 19.4 Å². The number of carboxylic acid groups (broad SMARTS) is 1. The van der Waals surface area contributed by atoms with Crippen LogP contribution in [0.2, 0.25) is 0 Å². The van der Waals surface area contributed by atoms with E-state index >= 15 is 0 Å². The van der Waals surface area contributed by atoms with Gasteiger partial charge in [0.15, 0.2) is 0 Å². The van der Waals surface area contributed by atoms with E-state index in [9.17, 15) is 18.0 Å². The lowest BCUT2D eigenvalue weighted by Crippen LogP contribution is -2.31. The number of amides is 1. The molecule has 2 rings (SSSR count). The van der Waals surface area contributed by atoms with Gasteiger partial charge in [0.2, 0.25) is 15.9 Å². The molecule has 22 heavy (non-hydrogen) atoms. The minimum Gasteiger partial charge on any atom is -0.478 e. The number of hydrogen-bond donors (Lipinski definition) is 2. The van der Waals surface area contributed by atoms with Crippen LogP contribution in [-0.4, -0.2) is 48.5 Å². The van der Waals surface area contributed by atoms with Crippen LogP contribution in [0.5, 0.6) is 0 Å². The first-order valence-electron chi connectivity index (χ1n) is 6.95. The molecule has 0 unspecified atom stereocenters. The van der Waals surface area contributed by atoms with Gasteiger partial charge in [-0.1, -0.05) is 12.1 Å². The number of hydrogen-bond acceptors (Lipinski definition) is 4. The molecule has 0 bridgehead atoms. The zero-order valence-corrected chi connectivity index (χ0v) is 12.8.